The monoisotopic (exact) mass is 298 g/mol. The Labute approximate surface area is 118 Å². The van der Waals surface area contributed by atoms with Crippen LogP contribution in [0.3, 0.4) is 0 Å². The molecule has 6 nitrogen and oxygen atoms in total. The maximum Gasteiger partial charge on any atom is 0.246 e. The van der Waals surface area contributed by atoms with Crippen molar-refractivity contribution >= 4 is 15.9 Å². The molecule has 1 aromatic carbocycles. The van der Waals surface area contributed by atoms with Gasteiger partial charge in [-0.15, -0.1) is 0 Å². The molecule has 1 unspecified atom stereocenters. The molecule has 0 N–H and O–H groups in total. The molecule has 1 aliphatic rings. The largest absolute Gasteiger partial charge is 0.275 e. The van der Waals surface area contributed by atoms with Gasteiger partial charge in [0.05, 0.1) is 12.0 Å². The van der Waals surface area contributed by atoms with E-state index >= 15 is 0 Å². The van der Waals surface area contributed by atoms with E-state index in [0.29, 0.717) is 12.1 Å². The second-order valence-corrected chi connectivity index (χ2v) is 6.81. The topological polar surface area (TPSA) is 66.9 Å². The van der Waals surface area contributed by atoms with Crippen LogP contribution in [0.1, 0.15) is 17.9 Å². The number of hydrogen-bond donors (Lipinski definition) is 0. The molecule has 0 bridgehead atoms. The Bertz CT molecular complexity index is 615. The standard InChI is InChI=1S/C13H18N2O4S/c1-14-9-10(8-13(16)15(2)19-3)11-6-4-5-7-12(11)20(14,17)18/h4-7,10H,8-9H2,1-3H3. The van der Waals surface area contributed by atoms with E-state index in [-0.39, 0.29) is 23.1 Å². The molecule has 0 radical (unpaired) electrons. The highest BCUT2D eigenvalue weighted by atomic mass is 32.2. The normalized spacial score (nSPS) is 21.2. The zero-order valence-electron chi connectivity index (χ0n) is 11.7. The van der Waals surface area contributed by atoms with Crippen LogP contribution in [0, 0.1) is 0 Å². The van der Waals surface area contributed by atoms with E-state index in [9.17, 15) is 13.2 Å². The van der Waals surface area contributed by atoms with Gasteiger partial charge in [0.15, 0.2) is 0 Å². The Balaban J connectivity index is 2.35. The highest BCUT2D eigenvalue weighted by molar-refractivity contribution is 7.89. The smallest absolute Gasteiger partial charge is 0.246 e. The first kappa shape index (κ1) is 15.0. The summed E-state index contributed by atoms with van der Waals surface area (Å²) in [6.45, 7) is 0.294. The van der Waals surface area contributed by atoms with Crippen molar-refractivity contribution in [1.82, 2.24) is 9.37 Å². The number of carbonyl (C=O) groups excluding carboxylic acids is 1. The molecule has 1 aliphatic heterocycles. The van der Waals surface area contributed by atoms with Crippen molar-refractivity contribution in [2.75, 3.05) is 27.7 Å². The molecule has 0 fully saturated rings. The summed E-state index contributed by atoms with van der Waals surface area (Å²) in [5.41, 5.74) is 0.698. The Morgan fingerprint density at radius 2 is 2.10 bits per heavy atom. The van der Waals surface area contributed by atoms with Crippen LogP contribution in [0.5, 0.6) is 0 Å². The van der Waals surface area contributed by atoms with E-state index in [4.69, 9.17) is 4.84 Å². The molecule has 0 aliphatic carbocycles. The number of likely N-dealkylation sites (N-methyl/N-ethyl adjacent to an activating group) is 1. The van der Waals surface area contributed by atoms with Gasteiger partial charge in [-0.3, -0.25) is 9.63 Å². The number of hydroxylamine groups is 2. The maximum absolute atomic E-state index is 12.2. The summed E-state index contributed by atoms with van der Waals surface area (Å²) in [5, 5.41) is 1.16. The fourth-order valence-corrected chi connectivity index (χ4v) is 3.84. The number of nitrogens with zero attached hydrogens (tertiary/aromatic N) is 2. The average molecular weight is 298 g/mol. The second-order valence-electron chi connectivity index (χ2n) is 4.80. The summed E-state index contributed by atoms with van der Waals surface area (Å²) in [6, 6.07) is 6.83. The van der Waals surface area contributed by atoms with Gasteiger partial charge in [-0.25, -0.2) is 17.8 Å². The number of rotatable bonds is 3. The highest BCUT2D eigenvalue weighted by Gasteiger charge is 2.35. The second kappa shape index (κ2) is 5.51. The highest BCUT2D eigenvalue weighted by Crippen LogP contribution is 2.34. The molecule has 0 aromatic heterocycles. The lowest BCUT2D eigenvalue weighted by Crippen LogP contribution is -2.38. The zero-order chi connectivity index (χ0) is 14.9. The van der Waals surface area contributed by atoms with E-state index in [1.54, 1.807) is 24.3 Å². The van der Waals surface area contributed by atoms with Crippen LogP contribution in [0.4, 0.5) is 0 Å². The van der Waals surface area contributed by atoms with Crippen molar-refractivity contribution in [2.24, 2.45) is 0 Å². The summed E-state index contributed by atoms with van der Waals surface area (Å²) in [6.07, 6.45) is 0.210. The van der Waals surface area contributed by atoms with Crippen LogP contribution in [0.25, 0.3) is 0 Å². The summed E-state index contributed by atoms with van der Waals surface area (Å²) >= 11 is 0. The molecule has 1 aromatic rings. The van der Waals surface area contributed by atoms with Crippen LogP contribution in [0.2, 0.25) is 0 Å². The summed E-state index contributed by atoms with van der Waals surface area (Å²) in [4.78, 5) is 17.1. The Kier molecular flexibility index (Phi) is 4.12. The minimum Gasteiger partial charge on any atom is -0.275 e. The Hall–Kier alpha value is -1.44. The first-order valence-corrected chi connectivity index (χ1v) is 7.68. The molecule has 1 heterocycles. The molecule has 0 spiro atoms. The van der Waals surface area contributed by atoms with Crippen LogP contribution in [-0.4, -0.2) is 51.4 Å². The minimum absolute atomic E-state index is 0.162. The quantitative estimate of drug-likeness (QED) is 0.775. The number of carbonyl (C=O) groups is 1. The molecular weight excluding hydrogens is 280 g/mol. The van der Waals surface area contributed by atoms with Crippen LogP contribution < -0.4 is 0 Å². The third-order valence-electron chi connectivity index (χ3n) is 3.57. The van der Waals surface area contributed by atoms with Gasteiger partial charge in [-0.05, 0) is 11.6 Å². The van der Waals surface area contributed by atoms with Crippen molar-refractivity contribution in [3.8, 4) is 0 Å². The third kappa shape index (κ3) is 2.56. The van der Waals surface area contributed by atoms with Gasteiger partial charge in [0.2, 0.25) is 15.9 Å². The van der Waals surface area contributed by atoms with Gasteiger partial charge >= 0.3 is 0 Å². The number of amides is 1. The van der Waals surface area contributed by atoms with Crippen molar-refractivity contribution in [2.45, 2.75) is 17.2 Å². The molecule has 7 heteroatoms. The van der Waals surface area contributed by atoms with Crippen molar-refractivity contribution in [3.05, 3.63) is 29.8 Å². The van der Waals surface area contributed by atoms with Crippen molar-refractivity contribution in [1.29, 1.82) is 0 Å². The van der Waals surface area contributed by atoms with Crippen LogP contribution in [0.15, 0.2) is 29.2 Å². The average Bonchev–Trinajstić information content (AvgIpc) is 2.44. The summed E-state index contributed by atoms with van der Waals surface area (Å²) in [7, 11) is 1.05. The summed E-state index contributed by atoms with van der Waals surface area (Å²) < 4.78 is 25.8. The molecule has 1 amide bonds. The number of hydrogen-bond acceptors (Lipinski definition) is 4. The van der Waals surface area contributed by atoms with E-state index in [0.717, 1.165) is 5.06 Å². The summed E-state index contributed by atoms with van der Waals surface area (Å²) in [5.74, 6) is -0.343. The molecule has 20 heavy (non-hydrogen) atoms. The number of benzene rings is 1. The predicted molar refractivity (Wildman–Crippen MR) is 73.4 cm³/mol. The SMILES string of the molecule is CON(C)C(=O)CC1CN(C)S(=O)(=O)c2ccccc21. The predicted octanol–water partition coefficient (Wildman–Crippen LogP) is 0.814. The van der Waals surface area contributed by atoms with E-state index < -0.39 is 10.0 Å². The van der Waals surface area contributed by atoms with E-state index in [1.165, 1.54) is 25.5 Å². The fourth-order valence-electron chi connectivity index (χ4n) is 2.34. The number of fused-ring (bicyclic) bond motifs is 1. The lowest BCUT2D eigenvalue weighted by atomic mass is 9.95. The van der Waals surface area contributed by atoms with Gasteiger partial charge in [0, 0.05) is 33.0 Å². The third-order valence-corrected chi connectivity index (χ3v) is 5.47. The maximum atomic E-state index is 12.2. The first-order chi connectivity index (χ1) is 9.37. The van der Waals surface area contributed by atoms with Crippen molar-refractivity contribution in [3.63, 3.8) is 0 Å². The Morgan fingerprint density at radius 1 is 1.45 bits per heavy atom. The van der Waals surface area contributed by atoms with E-state index in [2.05, 4.69) is 0 Å². The Morgan fingerprint density at radius 3 is 2.75 bits per heavy atom. The fraction of sp³-hybridized carbons (Fsp3) is 0.462. The minimum atomic E-state index is -3.44. The van der Waals surface area contributed by atoms with Crippen LogP contribution in [-0.2, 0) is 19.7 Å². The molecule has 1 atom stereocenters. The van der Waals surface area contributed by atoms with Gasteiger partial charge < -0.3 is 0 Å². The first-order valence-electron chi connectivity index (χ1n) is 6.24. The van der Waals surface area contributed by atoms with Gasteiger partial charge in [0.1, 0.15) is 0 Å². The van der Waals surface area contributed by atoms with Crippen molar-refractivity contribution < 1.29 is 18.0 Å². The molecule has 2 rings (SSSR count). The van der Waals surface area contributed by atoms with Crippen LogP contribution >= 0.6 is 0 Å². The van der Waals surface area contributed by atoms with Gasteiger partial charge in [0.25, 0.3) is 0 Å². The number of sulfonamides is 1. The zero-order valence-corrected chi connectivity index (χ0v) is 12.6. The van der Waals surface area contributed by atoms with Gasteiger partial charge in [-0.2, -0.15) is 0 Å². The molecule has 0 saturated carbocycles. The lowest BCUT2D eigenvalue weighted by Gasteiger charge is -2.31. The molecule has 110 valence electrons. The van der Waals surface area contributed by atoms with E-state index in [1.807, 2.05) is 0 Å². The molecular formula is C13H18N2O4S. The lowest BCUT2D eigenvalue weighted by molar-refractivity contribution is -0.169. The van der Waals surface area contributed by atoms with Gasteiger partial charge in [-0.1, -0.05) is 18.2 Å². The molecule has 0 saturated heterocycles.